The molecular weight excluding hydrogens is 208 g/mol. The normalized spacial score (nSPS) is 17.6. The average molecular weight is 214 g/mol. The molecule has 4 heteroatoms. The summed E-state index contributed by atoms with van der Waals surface area (Å²) in [6, 6.07) is 4.02. The van der Waals surface area contributed by atoms with Crippen molar-refractivity contribution in [2.45, 2.75) is 18.3 Å². The van der Waals surface area contributed by atoms with E-state index in [0.717, 1.165) is 12.1 Å². The Morgan fingerprint density at radius 2 is 1.86 bits per heavy atom. The molecule has 0 heterocycles. The predicted octanol–water partition coefficient (Wildman–Crippen LogP) is 3.17. The second-order valence-electron chi connectivity index (χ2n) is 3.44. The molecule has 1 aliphatic carbocycles. The maximum Gasteiger partial charge on any atom is 0.160 e. The monoisotopic (exact) mass is 213 g/mol. The van der Waals surface area contributed by atoms with Gasteiger partial charge in [-0.3, -0.25) is 0 Å². The van der Waals surface area contributed by atoms with Crippen molar-refractivity contribution in [3.8, 4) is 6.07 Å². The maximum absolute atomic E-state index is 12.9. The highest BCUT2D eigenvalue weighted by molar-refractivity contribution is 6.31. The van der Waals surface area contributed by atoms with Gasteiger partial charge in [0.2, 0.25) is 0 Å². The largest absolute Gasteiger partial charge is 0.204 e. The Morgan fingerprint density at radius 1 is 1.29 bits per heavy atom. The first-order valence-corrected chi connectivity index (χ1v) is 4.53. The molecule has 0 unspecified atom stereocenters. The topological polar surface area (TPSA) is 23.8 Å². The van der Waals surface area contributed by atoms with Crippen molar-refractivity contribution in [1.29, 1.82) is 5.26 Å². The summed E-state index contributed by atoms with van der Waals surface area (Å²) in [5, 5.41) is 9.00. The molecule has 0 atom stereocenters. The fourth-order valence-electron chi connectivity index (χ4n) is 1.46. The standard InChI is InChI=1S/C10H6ClF2N/c11-7-4-9(13)8(12)3-6(7)10(5-14)1-2-10/h3-4H,1-2H2. The van der Waals surface area contributed by atoms with Gasteiger partial charge in [0, 0.05) is 5.02 Å². The highest BCUT2D eigenvalue weighted by Crippen LogP contribution is 2.50. The minimum atomic E-state index is -0.979. The molecule has 1 aliphatic rings. The van der Waals surface area contributed by atoms with Crippen LogP contribution in [0.1, 0.15) is 18.4 Å². The van der Waals surface area contributed by atoms with E-state index in [1.165, 1.54) is 0 Å². The molecule has 0 aliphatic heterocycles. The van der Waals surface area contributed by atoms with Gasteiger partial charge in [-0.25, -0.2) is 8.78 Å². The molecule has 72 valence electrons. The summed E-state index contributed by atoms with van der Waals surface area (Å²) >= 11 is 5.75. The van der Waals surface area contributed by atoms with Crippen LogP contribution >= 0.6 is 11.6 Å². The third-order valence-corrected chi connectivity index (χ3v) is 2.80. The summed E-state index contributed by atoms with van der Waals surface area (Å²) < 4.78 is 25.6. The number of hydrogen-bond donors (Lipinski definition) is 0. The smallest absolute Gasteiger partial charge is 0.160 e. The molecule has 0 saturated heterocycles. The van der Waals surface area contributed by atoms with Gasteiger partial charge in [0.25, 0.3) is 0 Å². The van der Waals surface area contributed by atoms with E-state index in [2.05, 4.69) is 6.07 Å². The van der Waals surface area contributed by atoms with Crippen LogP contribution < -0.4 is 0 Å². The third-order valence-electron chi connectivity index (χ3n) is 2.49. The lowest BCUT2D eigenvalue weighted by Crippen LogP contribution is -2.05. The molecule has 0 aromatic heterocycles. The zero-order valence-electron chi connectivity index (χ0n) is 7.15. The molecule has 1 nitrogen and oxygen atoms in total. The van der Waals surface area contributed by atoms with Gasteiger partial charge in [-0.1, -0.05) is 11.6 Å². The first kappa shape index (κ1) is 9.42. The Bertz CT molecular complexity index is 432. The molecular formula is C10H6ClF2N. The Labute approximate surface area is 84.9 Å². The van der Waals surface area contributed by atoms with E-state index >= 15 is 0 Å². The molecule has 0 N–H and O–H groups in total. The average Bonchev–Trinajstić information content (AvgIpc) is 2.92. The second kappa shape index (κ2) is 2.93. The molecule has 1 aromatic carbocycles. The molecule has 2 rings (SSSR count). The van der Waals surface area contributed by atoms with Gasteiger partial charge in [0.05, 0.1) is 11.5 Å². The summed E-state index contributed by atoms with van der Waals surface area (Å²) in [4.78, 5) is 0. The summed E-state index contributed by atoms with van der Waals surface area (Å²) in [6.07, 6.45) is 1.32. The molecule has 0 radical (unpaired) electrons. The van der Waals surface area contributed by atoms with Crippen LogP contribution in [0.15, 0.2) is 12.1 Å². The SMILES string of the molecule is N#CC1(c2cc(F)c(F)cc2Cl)CC1. The highest BCUT2D eigenvalue weighted by Gasteiger charge is 2.46. The van der Waals surface area contributed by atoms with Crippen LogP contribution in [-0.4, -0.2) is 0 Å². The number of hydrogen-bond acceptors (Lipinski definition) is 1. The number of halogens is 3. The highest BCUT2D eigenvalue weighted by atomic mass is 35.5. The van der Waals surface area contributed by atoms with Gasteiger partial charge >= 0.3 is 0 Å². The Balaban J connectivity index is 2.55. The lowest BCUT2D eigenvalue weighted by atomic mass is 9.97. The summed E-state index contributed by atoms with van der Waals surface area (Å²) in [6.45, 7) is 0. The first-order chi connectivity index (χ1) is 6.59. The molecule has 0 spiro atoms. The van der Waals surface area contributed by atoms with E-state index in [9.17, 15) is 8.78 Å². The first-order valence-electron chi connectivity index (χ1n) is 4.15. The Hall–Kier alpha value is -1.14. The van der Waals surface area contributed by atoms with E-state index in [1.54, 1.807) is 0 Å². The Kier molecular flexibility index (Phi) is 1.97. The number of benzene rings is 1. The van der Waals surface area contributed by atoms with Gasteiger partial charge < -0.3 is 0 Å². The minimum absolute atomic E-state index is 0.128. The maximum atomic E-state index is 12.9. The van der Waals surface area contributed by atoms with Gasteiger partial charge in [0.15, 0.2) is 11.6 Å². The summed E-state index contributed by atoms with van der Waals surface area (Å²) in [5.41, 5.74) is -0.272. The zero-order valence-corrected chi connectivity index (χ0v) is 7.91. The number of nitrogens with zero attached hydrogens (tertiary/aromatic N) is 1. The lowest BCUT2D eigenvalue weighted by molar-refractivity contribution is 0.506. The van der Waals surface area contributed by atoms with Crippen molar-refractivity contribution in [3.63, 3.8) is 0 Å². The fourth-order valence-corrected chi connectivity index (χ4v) is 1.79. The van der Waals surface area contributed by atoms with Crippen molar-refractivity contribution in [2.24, 2.45) is 0 Å². The second-order valence-corrected chi connectivity index (χ2v) is 3.85. The fraction of sp³-hybridized carbons (Fsp3) is 0.300. The van der Waals surface area contributed by atoms with Crippen LogP contribution in [0.5, 0.6) is 0 Å². The third kappa shape index (κ3) is 1.27. The van der Waals surface area contributed by atoms with E-state index in [4.69, 9.17) is 16.9 Å². The molecule has 0 bridgehead atoms. The van der Waals surface area contributed by atoms with Crippen molar-refractivity contribution in [3.05, 3.63) is 34.4 Å². The van der Waals surface area contributed by atoms with E-state index in [0.29, 0.717) is 18.4 Å². The van der Waals surface area contributed by atoms with Crippen molar-refractivity contribution < 1.29 is 8.78 Å². The van der Waals surface area contributed by atoms with Crippen LogP contribution in [0, 0.1) is 23.0 Å². The number of nitriles is 1. The van der Waals surface area contributed by atoms with Gasteiger partial charge in [0.1, 0.15) is 0 Å². The van der Waals surface area contributed by atoms with Crippen LogP contribution in [-0.2, 0) is 5.41 Å². The summed E-state index contributed by atoms with van der Waals surface area (Å²) in [7, 11) is 0. The number of rotatable bonds is 1. The predicted molar refractivity (Wildman–Crippen MR) is 47.9 cm³/mol. The molecule has 1 saturated carbocycles. The zero-order chi connectivity index (χ0) is 10.3. The van der Waals surface area contributed by atoms with Gasteiger partial charge in [-0.15, -0.1) is 0 Å². The molecule has 1 aromatic rings. The molecule has 14 heavy (non-hydrogen) atoms. The quantitative estimate of drug-likeness (QED) is 0.658. The van der Waals surface area contributed by atoms with Crippen LogP contribution in [0.2, 0.25) is 5.02 Å². The van der Waals surface area contributed by atoms with Gasteiger partial charge in [-0.2, -0.15) is 5.26 Å². The molecule has 1 fully saturated rings. The van der Waals surface area contributed by atoms with Crippen molar-refractivity contribution in [2.75, 3.05) is 0 Å². The van der Waals surface area contributed by atoms with Crippen molar-refractivity contribution in [1.82, 2.24) is 0 Å². The van der Waals surface area contributed by atoms with E-state index in [1.807, 2.05) is 0 Å². The van der Waals surface area contributed by atoms with Gasteiger partial charge in [-0.05, 0) is 30.5 Å². The molecule has 0 amide bonds. The van der Waals surface area contributed by atoms with E-state index in [-0.39, 0.29) is 5.02 Å². The van der Waals surface area contributed by atoms with Crippen LogP contribution in [0.3, 0.4) is 0 Å². The summed E-state index contributed by atoms with van der Waals surface area (Å²) in [5.74, 6) is -1.93. The van der Waals surface area contributed by atoms with Crippen molar-refractivity contribution >= 4 is 11.6 Å². The Morgan fingerprint density at radius 3 is 2.36 bits per heavy atom. The van der Waals surface area contributed by atoms with Crippen LogP contribution in [0.4, 0.5) is 8.78 Å². The lowest BCUT2D eigenvalue weighted by Gasteiger charge is -2.08. The minimum Gasteiger partial charge on any atom is -0.204 e. The van der Waals surface area contributed by atoms with Crippen LogP contribution in [0.25, 0.3) is 0 Å². The van der Waals surface area contributed by atoms with E-state index < -0.39 is 17.0 Å².